The van der Waals surface area contributed by atoms with E-state index in [-0.39, 0.29) is 16.8 Å². The van der Waals surface area contributed by atoms with Gasteiger partial charge in [-0.05, 0) is 52.7 Å². The Kier molecular flexibility index (Phi) is 5.43. The summed E-state index contributed by atoms with van der Waals surface area (Å²) < 4.78 is 1.72. The van der Waals surface area contributed by atoms with Gasteiger partial charge in [0.05, 0.1) is 18.6 Å². The number of aromatic nitrogens is 7. The maximum Gasteiger partial charge on any atom is 0.245 e. The van der Waals surface area contributed by atoms with E-state index >= 15 is 0 Å². The van der Waals surface area contributed by atoms with Crippen molar-refractivity contribution < 1.29 is 5.11 Å². The van der Waals surface area contributed by atoms with Crippen molar-refractivity contribution in [1.82, 2.24) is 40.2 Å². The summed E-state index contributed by atoms with van der Waals surface area (Å²) in [7, 11) is 3.86. The molecule has 0 unspecified atom stereocenters. The van der Waals surface area contributed by atoms with Crippen LogP contribution in [0.15, 0.2) is 36.8 Å². The first-order valence-electron chi connectivity index (χ1n) is 11.7. The lowest BCUT2D eigenvalue weighted by Gasteiger charge is -2.48. The molecule has 4 aromatic rings. The third-order valence-electron chi connectivity index (χ3n) is 6.61. The van der Waals surface area contributed by atoms with E-state index in [1.165, 1.54) is 0 Å². The standard InChI is InChI=1S/C25H31N9O/c1-24(2)10-16(11-25(3,4)32-24)33(5)23-27-12-18(30-31-23)17-8-7-15(9-21(17)35)22-26-14-20-19(29-22)13-28-34(20)6/h7-9,12-14,16,32,35H,10-11H2,1-6H3. The number of phenols is 1. The van der Waals surface area contributed by atoms with Crippen LogP contribution >= 0.6 is 0 Å². The minimum absolute atomic E-state index is 0.0207. The highest BCUT2D eigenvalue weighted by atomic mass is 16.3. The molecule has 0 saturated carbocycles. The minimum atomic E-state index is 0.0207. The molecule has 182 valence electrons. The summed E-state index contributed by atoms with van der Waals surface area (Å²) in [5.74, 6) is 1.15. The molecule has 3 aromatic heterocycles. The van der Waals surface area contributed by atoms with Gasteiger partial charge < -0.3 is 15.3 Å². The van der Waals surface area contributed by atoms with Crippen LogP contribution < -0.4 is 10.2 Å². The average Bonchev–Trinajstić information content (AvgIpc) is 3.17. The second-order valence-corrected chi connectivity index (χ2v) is 10.7. The summed E-state index contributed by atoms with van der Waals surface area (Å²) in [6.45, 7) is 8.90. The van der Waals surface area contributed by atoms with Crippen LogP contribution in [0.25, 0.3) is 33.7 Å². The molecule has 2 N–H and O–H groups in total. The SMILES string of the molecule is CN(c1ncc(-c2ccc(-c3ncc4c(cnn4C)n3)cc2O)nn1)C1CC(C)(C)NC(C)(C)C1. The maximum absolute atomic E-state index is 10.7. The molecule has 1 saturated heterocycles. The Hall–Kier alpha value is -3.66. The van der Waals surface area contributed by atoms with E-state index in [0.29, 0.717) is 34.6 Å². The van der Waals surface area contributed by atoms with Gasteiger partial charge in [-0.15, -0.1) is 10.2 Å². The van der Waals surface area contributed by atoms with E-state index < -0.39 is 0 Å². The van der Waals surface area contributed by atoms with Crippen molar-refractivity contribution in [2.45, 2.75) is 57.7 Å². The summed E-state index contributed by atoms with van der Waals surface area (Å²) in [5.41, 5.74) is 3.38. The molecule has 5 rings (SSSR count). The number of aromatic hydroxyl groups is 1. The molecule has 0 amide bonds. The molecular formula is C25H31N9O. The molecule has 0 radical (unpaired) electrons. The monoisotopic (exact) mass is 473 g/mol. The van der Waals surface area contributed by atoms with Crippen LogP contribution in [0.5, 0.6) is 5.75 Å². The van der Waals surface area contributed by atoms with Crippen LogP contribution in [0.3, 0.4) is 0 Å². The third kappa shape index (κ3) is 4.53. The van der Waals surface area contributed by atoms with E-state index in [4.69, 9.17) is 0 Å². The second kappa shape index (κ2) is 8.23. The van der Waals surface area contributed by atoms with Gasteiger partial charge in [0.15, 0.2) is 5.82 Å². The van der Waals surface area contributed by atoms with Crippen LogP contribution in [0.2, 0.25) is 0 Å². The number of piperidine rings is 1. The zero-order valence-corrected chi connectivity index (χ0v) is 21.0. The number of anilines is 1. The molecule has 0 atom stereocenters. The molecule has 1 fully saturated rings. The first kappa shape index (κ1) is 23.1. The normalized spacial score (nSPS) is 17.5. The number of phenolic OH excluding ortho intramolecular Hbond substituents is 1. The summed E-state index contributed by atoms with van der Waals surface area (Å²) >= 11 is 0. The fourth-order valence-corrected chi connectivity index (χ4v) is 5.22. The van der Waals surface area contributed by atoms with Crippen molar-refractivity contribution in [1.29, 1.82) is 0 Å². The van der Waals surface area contributed by atoms with Crippen LogP contribution in [0.4, 0.5) is 5.95 Å². The van der Waals surface area contributed by atoms with Gasteiger partial charge in [-0.25, -0.2) is 15.0 Å². The number of rotatable bonds is 4. The number of fused-ring (bicyclic) bond motifs is 1. The average molecular weight is 474 g/mol. The maximum atomic E-state index is 10.7. The van der Waals surface area contributed by atoms with Crippen LogP contribution in [-0.2, 0) is 7.05 Å². The number of benzene rings is 1. The van der Waals surface area contributed by atoms with E-state index in [9.17, 15) is 5.11 Å². The number of hydrogen-bond donors (Lipinski definition) is 2. The smallest absolute Gasteiger partial charge is 0.245 e. The summed E-state index contributed by atoms with van der Waals surface area (Å²) in [6, 6.07) is 5.56. The van der Waals surface area contributed by atoms with E-state index in [1.54, 1.807) is 35.4 Å². The Morgan fingerprint density at radius 3 is 2.43 bits per heavy atom. The first-order chi connectivity index (χ1) is 16.5. The predicted octanol–water partition coefficient (Wildman–Crippen LogP) is 3.33. The first-order valence-corrected chi connectivity index (χ1v) is 11.7. The Bertz CT molecular complexity index is 1360. The minimum Gasteiger partial charge on any atom is -0.507 e. The highest BCUT2D eigenvalue weighted by Gasteiger charge is 2.39. The molecule has 10 nitrogen and oxygen atoms in total. The van der Waals surface area contributed by atoms with Gasteiger partial charge in [-0.1, -0.05) is 6.07 Å². The largest absolute Gasteiger partial charge is 0.507 e. The topological polar surface area (TPSA) is 118 Å². The van der Waals surface area contributed by atoms with Gasteiger partial charge >= 0.3 is 0 Å². The summed E-state index contributed by atoms with van der Waals surface area (Å²) in [4.78, 5) is 15.6. The Morgan fingerprint density at radius 1 is 1.03 bits per heavy atom. The van der Waals surface area contributed by atoms with Gasteiger partial charge in [0.25, 0.3) is 0 Å². The van der Waals surface area contributed by atoms with Crippen molar-refractivity contribution in [3.63, 3.8) is 0 Å². The van der Waals surface area contributed by atoms with Gasteiger partial charge in [0.1, 0.15) is 22.5 Å². The van der Waals surface area contributed by atoms with Gasteiger partial charge in [0.2, 0.25) is 5.95 Å². The fraction of sp³-hybridized carbons (Fsp3) is 0.440. The molecule has 0 spiro atoms. The number of nitrogens with one attached hydrogen (secondary N) is 1. The molecule has 1 aliphatic heterocycles. The molecule has 35 heavy (non-hydrogen) atoms. The van der Waals surface area contributed by atoms with E-state index in [1.807, 2.05) is 20.2 Å². The molecule has 1 aromatic carbocycles. The van der Waals surface area contributed by atoms with Crippen LogP contribution in [-0.4, -0.2) is 64.2 Å². The van der Waals surface area contributed by atoms with Crippen molar-refractivity contribution in [3.05, 3.63) is 36.8 Å². The summed E-state index contributed by atoms with van der Waals surface area (Å²) in [6.07, 6.45) is 7.04. The lowest BCUT2D eigenvalue weighted by atomic mass is 9.79. The van der Waals surface area contributed by atoms with Crippen molar-refractivity contribution in [2.75, 3.05) is 11.9 Å². The van der Waals surface area contributed by atoms with Crippen LogP contribution in [0, 0.1) is 0 Å². The molecule has 10 heteroatoms. The molecular weight excluding hydrogens is 442 g/mol. The lowest BCUT2D eigenvalue weighted by Crippen LogP contribution is -2.62. The van der Waals surface area contributed by atoms with Crippen molar-refractivity contribution in [2.24, 2.45) is 7.05 Å². The van der Waals surface area contributed by atoms with E-state index in [2.05, 4.69) is 68.2 Å². The van der Waals surface area contributed by atoms with Crippen LogP contribution in [0.1, 0.15) is 40.5 Å². The Morgan fingerprint density at radius 2 is 1.77 bits per heavy atom. The summed E-state index contributed by atoms with van der Waals surface area (Å²) in [5, 5.41) is 27.4. The van der Waals surface area contributed by atoms with Gasteiger partial charge in [-0.2, -0.15) is 5.10 Å². The number of nitrogens with zero attached hydrogens (tertiary/aromatic N) is 8. The highest BCUT2D eigenvalue weighted by molar-refractivity contribution is 5.77. The van der Waals surface area contributed by atoms with E-state index in [0.717, 1.165) is 23.9 Å². The zero-order chi connectivity index (χ0) is 25.0. The molecule has 4 heterocycles. The third-order valence-corrected chi connectivity index (χ3v) is 6.61. The Balaban J connectivity index is 1.37. The quantitative estimate of drug-likeness (QED) is 0.460. The lowest BCUT2D eigenvalue weighted by molar-refractivity contribution is 0.160. The molecule has 0 aliphatic carbocycles. The second-order valence-electron chi connectivity index (χ2n) is 10.7. The van der Waals surface area contributed by atoms with Crippen molar-refractivity contribution in [3.8, 4) is 28.4 Å². The van der Waals surface area contributed by atoms with Crippen molar-refractivity contribution >= 4 is 17.0 Å². The number of hydrogen-bond acceptors (Lipinski definition) is 9. The van der Waals surface area contributed by atoms with Gasteiger partial charge in [-0.3, -0.25) is 4.68 Å². The molecule has 0 bridgehead atoms. The Labute approximate surface area is 204 Å². The molecule has 1 aliphatic rings. The highest BCUT2D eigenvalue weighted by Crippen LogP contribution is 2.34. The zero-order valence-electron chi connectivity index (χ0n) is 21.0. The predicted molar refractivity (Wildman–Crippen MR) is 135 cm³/mol. The van der Waals surface area contributed by atoms with Gasteiger partial charge in [0, 0.05) is 42.3 Å². The number of aryl methyl sites for hydroxylation is 1. The fourth-order valence-electron chi connectivity index (χ4n) is 5.22.